The third-order valence-electron chi connectivity index (χ3n) is 3.76. The van der Waals surface area contributed by atoms with Crippen molar-refractivity contribution < 1.29 is 17.6 Å². The summed E-state index contributed by atoms with van der Waals surface area (Å²) >= 11 is 0. The van der Waals surface area contributed by atoms with Gasteiger partial charge in [0.1, 0.15) is 5.82 Å². The number of sulfonamides is 1. The van der Waals surface area contributed by atoms with Gasteiger partial charge in [0.2, 0.25) is 10.0 Å². The van der Waals surface area contributed by atoms with Crippen molar-refractivity contribution in [2.45, 2.75) is 19.3 Å². The van der Waals surface area contributed by atoms with Crippen LogP contribution in [0.4, 0.5) is 10.1 Å². The molecule has 0 radical (unpaired) electrons. The number of carbonyl (C=O) groups excluding carboxylic acids is 1. The van der Waals surface area contributed by atoms with Crippen LogP contribution in [0.1, 0.15) is 29.6 Å². The second-order valence-electron chi connectivity index (χ2n) is 5.82. The van der Waals surface area contributed by atoms with Crippen LogP contribution in [0.5, 0.6) is 0 Å². The molecule has 1 aliphatic heterocycles. The standard InChI is InChI=1S/C15H22FN3O3S/c1-23(21,22)19-14-5-4-12(16)9-13(14)15(20)18-8-6-11-3-2-7-17-10-11/h4-5,9,11,17,19H,2-3,6-8,10H2,1H3,(H,18,20). The van der Waals surface area contributed by atoms with Gasteiger partial charge >= 0.3 is 0 Å². The number of benzene rings is 1. The molecule has 1 atom stereocenters. The van der Waals surface area contributed by atoms with Crippen LogP contribution < -0.4 is 15.4 Å². The van der Waals surface area contributed by atoms with Crippen LogP contribution in [0.3, 0.4) is 0 Å². The van der Waals surface area contributed by atoms with E-state index in [2.05, 4.69) is 15.4 Å². The SMILES string of the molecule is CS(=O)(=O)Nc1ccc(F)cc1C(=O)NCCC1CCCNC1. The van der Waals surface area contributed by atoms with Crippen LogP contribution in [0.15, 0.2) is 18.2 Å². The molecular formula is C15H22FN3O3S. The minimum atomic E-state index is -3.54. The van der Waals surface area contributed by atoms with Gasteiger partial charge in [0, 0.05) is 6.54 Å². The molecule has 1 saturated heterocycles. The highest BCUT2D eigenvalue weighted by Crippen LogP contribution is 2.18. The van der Waals surface area contributed by atoms with E-state index in [1.54, 1.807) is 0 Å². The lowest BCUT2D eigenvalue weighted by atomic mass is 9.96. The predicted molar refractivity (Wildman–Crippen MR) is 87.4 cm³/mol. The molecule has 2 rings (SSSR count). The average Bonchev–Trinajstić information content (AvgIpc) is 2.49. The quantitative estimate of drug-likeness (QED) is 0.727. The number of halogens is 1. The molecule has 1 unspecified atom stereocenters. The number of nitrogens with one attached hydrogen (secondary N) is 3. The van der Waals surface area contributed by atoms with Gasteiger partial charge in [-0.2, -0.15) is 0 Å². The summed E-state index contributed by atoms with van der Waals surface area (Å²) in [4.78, 5) is 12.2. The maximum Gasteiger partial charge on any atom is 0.253 e. The fraction of sp³-hybridized carbons (Fsp3) is 0.533. The molecule has 0 saturated carbocycles. The number of anilines is 1. The van der Waals surface area contributed by atoms with Gasteiger partial charge < -0.3 is 10.6 Å². The van der Waals surface area contributed by atoms with Crippen molar-refractivity contribution in [2.75, 3.05) is 30.6 Å². The number of rotatable bonds is 6. The number of piperidine rings is 1. The summed E-state index contributed by atoms with van der Waals surface area (Å²) in [5.41, 5.74) is 0.0583. The highest BCUT2D eigenvalue weighted by molar-refractivity contribution is 7.92. The van der Waals surface area contributed by atoms with E-state index in [9.17, 15) is 17.6 Å². The number of amides is 1. The highest BCUT2D eigenvalue weighted by Gasteiger charge is 2.17. The van der Waals surface area contributed by atoms with Crippen LogP contribution >= 0.6 is 0 Å². The average molecular weight is 343 g/mol. The topological polar surface area (TPSA) is 87.3 Å². The molecule has 1 aliphatic rings. The van der Waals surface area contributed by atoms with Gasteiger partial charge in [0.15, 0.2) is 0 Å². The smallest absolute Gasteiger partial charge is 0.253 e. The lowest BCUT2D eigenvalue weighted by Crippen LogP contribution is -2.33. The van der Waals surface area contributed by atoms with Gasteiger partial charge in [-0.05, 0) is 56.5 Å². The third-order valence-corrected chi connectivity index (χ3v) is 4.35. The molecule has 0 bridgehead atoms. The normalized spacial score (nSPS) is 18.4. The van der Waals surface area contributed by atoms with Crippen molar-refractivity contribution in [1.29, 1.82) is 0 Å². The number of carbonyl (C=O) groups is 1. The zero-order chi connectivity index (χ0) is 16.9. The van der Waals surface area contributed by atoms with Crippen LogP contribution in [0, 0.1) is 11.7 Å². The Kier molecular flexibility index (Phi) is 5.95. The van der Waals surface area contributed by atoms with E-state index >= 15 is 0 Å². The van der Waals surface area contributed by atoms with E-state index in [4.69, 9.17) is 0 Å². The van der Waals surface area contributed by atoms with Crippen molar-refractivity contribution in [2.24, 2.45) is 5.92 Å². The third kappa shape index (κ3) is 5.80. The molecule has 1 aromatic carbocycles. The van der Waals surface area contributed by atoms with Gasteiger partial charge in [0.05, 0.1) is 17.5 Å². The first kappa shape index (κ1) is 17.7. The van der Waals surface area contributed by atoms with Gasteiger partial charge in [-0.15, -0.1) is 0 Å². The Morgan fingerprint density at radius 1 is 1.43 bits per heavy atom. The van der Waals surface area contributed by atoms with Gasteiger partial charge in [-0.25, -0.2) is 12.8 Å². The Morgan fingerprint density at radius 2 is 2.22 bits per heavy atom. The van der Waals surface area contributed by atoms with E-state index in [1.165, 1.54) is 6.07 Å². The first-order valence-corrected chi connectivity index (χ1v) is 9.50. The Balaban J connectivity index is 1.98. The Labute approximate surface area is 135 Å². The fourth-order valence-corrected chi connectivity index (χ4v) is 3.23. The molecule has 1 heterocycles. The molecular weight excluding hydrogens is 321 g/mol. The van der Waals surface area contributed by atoms with Gasteiger partial charge in [-0.3, -0.25) is 9.52 Å². The summed E-state index contributed by atoms with van der Waals surface area (Å²) in [7, 11) is -3.54. The van der Waals surface area contributed by atoms with E-state index in [1.807, 2.05) is 0 Å². The highest BCUT2D eigenvalue weighted by atomic mass is 32.2. The zero-order valence-electron chi connectivity index (χ0n) is 13.1. The first-order valence-electron chi connectivity index (χ1n) is 7.61. The maximum absolute atomic E-state index is 13.4. The van der Waals surface area contributed by atoms with Crippen LogP contribution in [-0.2, 0) is 10.0 Å². The monoisotopic (exact) mass is 343 g/mol. The predicted octanol–water partition coefficient (Wildman–Crippen LogP) is 1.32. The summed E-state index contributed by atoms with van der Waals surface area (Å²) in [6.07, 6.45) is 4.08. The fourth-order valence-electron chi connectivity index (χ4n) is 2.65. The van der Waals surface area contributed by atoms with Crippen molar-refractivity contribution in [1.82, 2.24) is 10.6 Å². The summed E-state index contributed by atoms with van der Waals surface area (Å²) in [6.45, 7) is 2.45. The minimum Gasteiger partial charge on any atom is -0.352 e. The van der Waals surface area contributed by atoms with Crippen LogP contribution in [0.2, 0.25) is 0 Å². The van der Waals surface area contributed by atoms with Crippen LogP contribution in [-0.4, -0.2) is 40.2 Å². The van der Waals surface area contributed by atoms with E-state index in [-0.39, 0.29) is 11.3 Å². The minimum absolute atomic E-state index is 0.0165. The molecule has 0 spiro atoms. The zero-order valence-corrected chi connectivity index (χ0v) is 13.9. The molecule has 1 aromatic rings. The van der Waals surface area contributed by atoms with Crippen molar-refractivity contribution in [3.8, 4) is 0 Å². The van der Waals surface area contributed by atoms with E-state index in [0.29, 0.717) is 12.5 Å². The molecule has 128 valence electrons. The molecule has 23 heavy (non-hydrogen) atoms. The Bertz CT molecular complexity index is 658. The van der Waals surface area contributed by atoms with Crippen LogP contribution in [0.25, 0.3) is 0 Å². The lowest BCUT2D eigenvalue weighted by molar-refractivity contribution is 0.0951. The summed E-state index contributed by atoms with van der Waals surface area (Å²) in [5, 5.41) is 6.04. The van der Waals surface area contributed by atoms with Gasteiger partial charge in [-0.1, -0.05) is 0 Å². The van der Waals surface area contributed by atoms with Crippen molar-refractivity contribution in [3.63, 3.8) is 0 Å². The molecule has 3 N–H and O–H groups in total. The van der Waals surface area contributed by atoms with Crippen molar-refractivity contribution >= 4 is 21.6 Å². The van der Waals surface area contributed by atoms with E-state index in [0.717, 1.165) is 50.7 Å². The van der Waals surface area contributed by atoms with E-state index < -0.39 is 21.7 Å². The summed E-state index contributed by atoms with van der Waals surface area (Å²) < 4.78 is 38.3. The molecule has 1 amide bonds. The molecule has 0 aliphatic carbocycles. The molecule has 1 fully saturated rings. The maximum atomic E-state index is 13.4. The largest absolute Gasteiger partial charge is 0.352 e. The summed E-state index contributed by atoms with van der Waals surface area (Å²) in [6, 6.07) is 3.39. The molecule has 0 aromatic heterocycles. The number of hydrogen-bond acceptors (Lipinski definition) is 4. The lowest BCUT2D eigenvalue weighted by Gasteiger charge is -2.22. The number of hydrogen-bond donors (Lipinski definition) is 3. The molecule has 6 nitrogen and oxygen atoms in total. The first-order chi connectivity index (χ1) is 10.8. The Morgan fingerprint density at radius 3 is 2.87 bits per heavy atom. The Hall–Kier alpha value is -1.67. The molecule has 8 heteroatoms. The summed E-state index contributed by atoms with van der Waals surface area (Å²) in [5.74, 6) is -0.560. The van der Waals surface area contributed by atoms with Gasteiger partial charge in [0.25, 0.3) is 5.91 Å². The van der Waals surface area contributed by atoms with Crippen molar-refractivity contribution in [3.05, 3.63) is 29.6 Å². The second kappa shape index (κ2) is 7.74. The second-order valence-corrected chi connectivity index (χ2v) is 7.57.